The van der Waals surface area contributed by atoms with Crippen LogP contribution < -0.4 is 5.32 Å². The van der Waals surface area contributed by atoms with Crippen LogP contribution >= 0.6 is 0 Å². The largest absolute Gasteiger partial charge is 0.299 e. The summed E-state index contributed by atoms with van der Waals surface area (Å²) in [7, 11) is 0. The molecule has 0 spiro atoms. The maximum atomic E-state index is 11.2. The van der Waals surface area contributed by atoms with Gasteiger partial charge in [-0.15, -0.1) is 0 Å². The number of rotatable bonds is 2. The van der Waals surface area contributed by atoms with Gasteiger partial charge in [-0.25, -0.2) is 0 Å². The second-order valence-corrected chi connectivity index (χ2v) is 3.15. The number of imide groups is 1. The minimum absolute atomic E-state index is 0.0276. The van der Waals surface area contributed by atoms with Crippen LogP contribution in [0.15, 0.2) is 12.2 Å². The molecule has 3 nitrogen and oxygen atoms in total. The topological polar surface area (TPSA) is 46.2 Å². The van der Waals surface area contributed by atoms with Gasteiger partial charge in [0.15, 0.2) is 0 Å². The van der Waals surface area contributed by atoms with Crippen LogP contribution in [0.2, 0.25) is 0 Å². The van der Waals surface area contributed by atoms with Crippen LogP contribution in [0.4, 0.5) is 0 Å². The van der Waals surface area contributed by atoms with E-state index >= 15 is 0 Å². The van der Waals surface area contributed by atoms with E-state index in [1.54, 1.807) is 0 Å². The van der Waals surface area contributed by atoms with Crippen molar-refractivity contribution in [2.75, 3.05) is 0 Å². The molecule has 0 saturated heterocycles. The van der Waals surface area contributed by atoms with Crippen LogP contribution in [0.3, 0.4) is 0 Å². The Morgan fingerprint density at radius 1 is 1.50 bits per heavy atom. The summed E-state index contributed by atoms with van der Waals surface area (Å²) < 4.78 is 0. The van der Waals surface area contributed by atoms with Gasteiger partial charge < -0.3 is 0 Å². The fraction of sp³-hybridized carbons (Fsp3) is 0.556. The van der Waals surface area contributed by atoms with E-state index in [-0.39, 0.29) is 11.8 Å². The molecule has 0 heterocycles. The van der Waals surface area contributed by atoms with Crippen molar-refractivity contribution < 1.29 is 9.59 Å². The molecular weight excluding hydrogens is 154 g/mol. The normalized spacial score (nSPS) is 28.1. The summed E-state index contributed by atoms with van der Waals surface area (Å²) in [5.41, 5.74) is 0. The molecule has 1 aliphatic rings. The van der Waals surface area contributed by atoms with E-state index in [1.165, 1.54) is 0 Å². The molecule has 12 heavy (non-hydrogen) atoms. The van der Waals surface area contributed by atoms with Crippen LogP contribution in [0, 0.1) is 11.8 Å². The molecule has 0 aromatic heterocycles. The first-order valence-corrected chi connectivity index (χ1v) is 4.14. The lowest BCUT2D eigenvalue weighted by Gasteiger charge is -2.22. The zero-order valence-electron chi connectivity index (χ0n) is 7.12. The van der Waals surface area contributed by atoms with E-state index in [4.69, 9.17) is 0 Å². The van der Waals surface area contributed by atoms with Crippen molar-refractivity contribution in [2.24, 2.45) is 11.8 Å². The fourth-order valence-corrected chi connectivity index (χ4v) is 1.48. The molecule has 1 aliphatic carbocycles. The van der Waals surface area contributed by atoms with Gasteiger partial charge in [-0.3, -0.25) is 14.9 Å². The number of hydrogen-bond donors (Lipinski definition) is 1. The minimum Gasteiger partial charge on any atom is -0.299 e. The number of carbonyl (C=O) groups is 2. The smallest absolute Gasteiger partial charge is 0.230 e. The number of hydrogen-bond acceptors (Lipinski definition) is 2. The van der Waals surface area contributed by atoms with Crippen LogP contribution in [-0.4, -0.2) is 12.3 Å². The van der Waals surface area contributed by atoms with Crippen molar-refractivity contribution in [1.29, 1.82) is 0 Å². The van der Waals surface area contributed by atoms with Crippen molar-refractivity contribution >= 4 is 12.3 Å². The van der Waals surface area contributed by atoms with Gasteiger partial charge in [0.1, 0.15) is 0 Å². The van der Waals surface area contributed by atoms with Gasteiger partial charge in [-0.1, -0.05) is 19.1 Å². The fourth-order valence-electron chi connectivity index (χ4n) is 1.48. The van der Waals surface area contributed by atoms with E-state index in [1.807, 2.05) is 13.0 Å². The first kappa shape index (κ1) is 8.97. The molecule has 66 valence electrons. The Bertz CT molecular complexity index is 211. The average molecular weight is 167 g/mol. The van der Waals surface area contributed by atoms with E-state index < -0.39 is 0 Å². The lowest BCUT2D eigenvalue weighted by Crippen LogP contribution is -2.33. The molecule has 0 aliphatic heterocycles. The van der Waals surface area contributed by atoms with Gasteiger partial charge >= 0.3 is 0 Å². The Hall–Kier alpha value is -1.12. The zero-order valence-corrected chi connectivity index (χ0v) is 7.12. The van der Waals surface area contributed by atoms with E-state index in [9.17, 15) is 9.59 Å². The molecule has 0 fully saturated rings. The van der Waals surface area contributed by atoms with E-state index in [2.05, 4.69) is 11.4 Å². The lowest BCUT2D eigenvalue weighted by molar-refractivity contribution is -0.129. The summed E-state index contributed by atoms with van der Waals surface area (Å²) in [6.45, 7) is 2.03. The van der Waals surface area contributed by atoms with Gasteiger partial charge in [0.2, 0.25) is 12.3 Å². The van der Waals surface area contributed by atoms with Gasteiger partial charge in [0.05, 0.1) is 0 Å². The monoisotopic (exact) mass is 167 g/mol. The standard InChI is InChI=1S/C9H13NO2/c1-7-4-2-3-5-8(7)9(12)10-6-11/h2-3,6-8H,4-5H2,1H3,(H,10,11,12). The Balaban J connectivity index is 2.55. The second-order valence-electron chi connectivity index (χ2n) is 3.15. The van der Waals surface area contributed by atoms with Crippen molar-refractivity contribution in [2.45, 2.75) is 19.8 Å². The molecule has 1 rings (SSSR count). The highest BCUT2D eigenvalue weighted by Gasteiger charge is 2.24. The third-order valence-electron chi connectivity index (χ3n) is 2.29. The zero-order chi connectivity index (χ0) is 8.97. The van der Waals surface area contributed by atoms with Crippen molar-refractivity contribution in [3.8, 4) is 0 Å². The highest BCUT2D eigenvalue weighted by molar-refractivity contribution is 5.88. The third-order valence-corrected chi connectivity index (χ3v) is 2.29. The van der Waals surface area contributed by atoms with Gasteiger partial charge in [0.25, 0.3) is 0 Å². The first-order valence-electron chi connectivity index (χ1n) is 4.14. The molecule has 2 atom stereocenters. The molecule has 0 saturated carbocycles. The van der Waals surface area contributed by atoms with Crippen molar-refractivity contribution in [3.05, 3.63) is 12.2 Å². The highest BCUT2D eigenvalue weighted by Crippen LogP contribution is 2.24. The third kappa shape index (κ3) is 1.94. The number of allylic oxidation sites excluding steroid dienone is 2. The lowest BCUT2D eigenvalue weighted by atomic mass is 9.84. The number of amides is 2. The molecule has 3 heteroatoms. The molecular formula is C9H13NO2. The minimum atomic E-state index is -0.151. The predicted molar refractivity (Wildman–Crippen MR) is 45.2 cm³/mol. The van der Waals surface area contributed by atoms with Crippen LogP contribution in [0.25, 0.3) is 0 Å². The Morgan fingerprint density at radius 2 is 2.17 bits per heavy atom. The summed E-state index contributed by atoms with van der Waals surface area (Å²) in [5, 5.41) is 2.19. The van der Waals surface area contributed by atoms with Gasteiger partial charge in [0, 0.05) is 5.92 Å². The van der Waals surface area contributed by atoms with Crippen LogP contribution in [0.5, 0.6) is 0 Å². The maximum Gasteiger partial charge on any atom is 0.230 e. The van der Waals surface area contributed by atoms with Gasteiger partial charge in [-0.2, -0.15) is 0 Å². The maximum absolute atomic E-state index is 11.2. The summed E-state index contributed by atoms with van der Waals surface area (Å²) in [4.78, 5) is 21.2. The Labute approximate surface area is 71.8 Å². The predicted octanol–water partition coefficient (Wildman–Crippen LogP) is 0.861. The van der Waals surface area contributed by atoms with Crippen molar-refractivity contribution in [1.82, 2.24) is 5.32 Å². The van der Waals surface area contributed by atoms with Crippen LogP contribution in [0.1, 0.15) is 19.8 Å². The Kier molecular flexibility index (Phi) is 3.02. The molecule has 2 amide bonds. The van der Waals surface area contributed by atoms with Crippen molar-refractivity contribution in [3.63, 3.8) is 0 Å². The molecule has 0 bridgehead atoms. The Morgan fingerprint density at radius 3 is 2.75 bits per heavy atom. The van der Waals surface area contributed by atoms with Crippen LogP contribution in [-0.2, 0) is 9.59 Å². The quantitative estimate of drug-likeness (QED) is 0.489. The van der Waals surface area contributed by atoms with Gasteiger partial charge in [-0.05, 0) is 18.8 Å². The SMILES string of the molecule is CC1CC=CCC1C(=O)NC=O. The summed E-state index contributed by atoms with van der Waals surface area (Å²) in [5.74, 6) is 0.164. The number of nitrogens with one attached hydrogen (secondary N) is 1. The second kappa shape index (κ2) is 4.04. The van der Waals surface area contributed by atoms with E-state index in [0.29, 0.717) is 12.3 Å². The molecule has 0 radical (unpaired) electrons. The first-order chi connectivity index (χ1) is 5.75. The summed E-state index contributed by atoms with van der Waals surface area (Å²) in [6, 6.07) is 0. The molecule has 0 aromatic rings. The summed E-state index contributed by atoms with van der Waals surface area (Å²) >= 11 is 0. The molecule has 0 aromatic carbocycles. The highest BCUT2D eigenvalue weighted by atomic mass is 16.2. The average Bonchev–Trinajstić information content (AvgIpc) is 2.05. The van der Waals surface area contributed by atoms with E-state index in [0.717, 1.165) is 12.8 Å². The number of carbonyl (C=O) groups excluding carboxylic acids is 2. The summed E-state index contributed by atoms with van der Waals surface area (Å²) in [6.07, 6.45) is 6.20. The molecule has 2 unspecified atom stereocenters. The molecule has 1 N–H and O–H groups in total.